The summed E-state index contributed by atoms with van der Waals surface area (Å²) in [6.45, 7) is 8.75. The van der Waals surface area contributed by atoms with Crippen molar-refractivity contribution in [3.8, 4) is 0 Å². The van der Waals surface area contributed by atoms with Crippen LogP contribution in [0.25, 0.3) is 0 Å². The summed E-state index contributed by atoms with van der Waals surface area (Å²) in [5.41, 5.74) is 0. The molecule has 2 rings (SSSR count). The van der Waals surface area contributed by atoms with Gasteiger partial charge < -0.3 is 20.1 Å². The number of hydrogen-bond donors (Lipinski definition) is 2. The normalized spacial score (nSPS) is 18.6. The van der Waals surface area contributed by atoms with E-state index in [-0.39, 0.29) is 6.10 Å². The summed E-state index contributed by atoms with van der Waals surface area (Å²) in [4.78, 5) is 10.1. The molecule has 22 heavy (non-hydrogen) atoms. The minimum Gasteiger partial charge on any atom is -0.379 e. The number of ether oxygens (including phenoxy) is 2. The number of rotatable bonds is 8. The molecule has 1 saturated heterocycles. The molecule has 1 fully saturated rings. The van der Waals surface area contributed by atoms with Crippen LogP contribution in [-0.4, -0.2) is 50.0 Å². The van der Waals surface area contributed by atoms with Gasteiger partial charge in [0.05, 0.1) is 19.3 Å². The molecule has 0 saturated carbocycles. The van der Waals surface area contributed by atoms with Crippen molar-refractivity contribution in [2.45, 2.75) is 39.3 Å². The number of aliphatic imine (C=N–C) groups is 1. The molecule has 0 aliphatic carbocycles. The first-order valence-electron chi connectivity index (χ1n) is 7.90. The third kappa shape index (κ3) is 6.29. The Bertz CT molecular complexity index is 458. The number of aromatic nitrogens is 1. The lowest BCUT2D eigenvalue weighted by atomic mass is 10.3. The van der Waals surface area contributed by atoms with Crippen molar-refractivity contribution in [2.24, 2.45) is 4.99 Å². The number of hydrogen-bond acceptors (Lipinski definition) is 5. The van der Waals surface area contributed by atoms with Crippen LogP contribution < -0.4 is 10.6 Å². The molecule has 6 nitrogen and oxygen atoms in total. The topological polar surface area (TPSA) is 67.8 Å². The Morgan fingerprint density at radius 1 is 1.55 bits per heavy atom. The van der Waals surface area contributed by atoms with Gasteiger partial charge in [0.25, 0.3) is 0 Å². The molecule has 1 aliphatic heterocycles. The van der Waals surface area contributed by atoms with Gasteiger partial charge in [0.2, 0.25) is 0 Å². The lowest BCUT2D eigenvalue weighted by molar-refractivity contribution is 0.0420. The largest absolute Gasteiger partial charge is 0.379 e. The van der Waals surface area contributed by atoms with Crippen LogP contribution >= 0.6 is 11.3 Å². The van der Waals surface area contributed by atoms with Crippen molar-refractivity contribution in [1.29, 1.82) is 0 Å². The molecule has 1 aromatic heterocycles. The van der Waals surface area contributed by atoms with Crippen molar-refractivity contribution in [3.05, 3.63) is 16.1 Å². The first-order valence-corrected chi connectivity index (χ1v) is 8.72. The molecule has 1 aromatic rings. The van der Waals surface area contributed by atoms with Crippen LogP contribution in [0, 0.1) is 6.92 Å². The van der Waals surface area contributed by atoms with Crippen molar-refractivity contribution in [2.75, 3.05) is 32.9 Å². The molecule has 2 heterocycles. The van der Waals surface area contributed by atoms with Crippen LogP contribution in [0.4, 0.5) is 0 Å². The molecule has 1 atom stereocenters. The fraction of sp³-hybridized carbons (Fsp3) is 0.733. The van der Waals surface area contributed by atoms with E-state index >= 15 is 0 Å². The van der Waals surface area contributed by atoms with Crippen LogP contribution in [0.1, 0.15) is 29.7 Å². The summed E-state index contributed by atoms with van der Waals surface area (Å²) in [5, 5.41) is 7.62. The number of guanidine groups is 1. The molecule has 1 unspecified atom stereocenters. The summed E-state index contributed by atoms with van der Waals surface area (Å²) in [6.07, 6.45) is 4.15. The lowest BCUT2D eigenvalue weighted by Crippen LogP contribution is -2.38. The minimum atomic E-state index is 0.287. The monoisotopic (exact) mass is 326 g/mol. The molecule has 0 bridgehead atoms. The number of nitrogens with one attached hydrogen (secondary N) is 2. The maximum absolute atomic E-state index is 5.74. The quantitative estimate of drug-likeness (QED) is 0.432. The second-order valence-corrected chi connectivity index (χ2v) is 6.52. The second-order valence-electron chi connectivity index (χ2n) is 5.20. The SMILES string of the molecule is CCNC(=NCc1ncc(C)s1)NCCCOC1CCOC1. The Labute approximate surface area is 136 Å². The molecular weight excluding hydrogens is 300 g/mol. The van der Waals surface area contributed by atoms with Crippen molar-refractivity contribution in [1.82, 2.24) is 15.6 Å². The van der Waals surface area contributed by atoms with Gasteiger partial charge in [-0.3, -0.25) is 0 Å². The molecule has 1 aliphatic rings. The predicted molar refractivity (Wildman–Crippen MR) is 89.5 cm³/mol. The van der Waals surface area contributed by atoms with E-state index < -0.39 is 0 Å². The highest BCUT2D eigenvalue weighted by molar-refractivity contribution is 7.11. The summed E-state index contributed by atoms with van der Waals surface area (Å²) < 4.78 is 11.0. The molecule has 0 spiro atoms. The molecule has 0 radical (unpaired) electrons. The van der Waals surface area contributed by atoms with E-state index in [1.807, 2.05) is 6.20 Å². The average molecular weight is 326 g/mol. The zero-order chi connectivity index (χ0) is 15.6. The highest BCUT2D eigenvalue weighted by atomic mass is 32.1. The standard InChI is InChI=1S/C15H26N4O2S/c1-3-16-15(19-10-14-18-9-12(2)22-14)17-6-4-7-21-13-5-8-20-11-13/h9,13H,3-8,10-11H2,1-2H3,(H2,16,17,19). The Balaban J connectivity index is 1.64. The zero-order valence-corrected chi connectivity index (χ0v) is 14.2. The van der Waals surface area contributed by atoms with E-state index in [0.717, 1.165) is 56.7 Å². The van der Waals surface area contributed by atoms with Gasteiger partial charge in [-0.1, -0.05) is 0 Å². The van der Waals surface area contributed by atoms with Gasteiger partial charge in [-0.15, -0.1) is 11.3 Å². The van der Waals surface area contributed by atoms with Gasteiger partial charge in [-0.2, -0.15) is 0 Å². The van der Waals surface area contributed by atoms with E-state index in [2.05, 4.69) is 34.5 Å². The van der Waals surface area contributed by atoms with E-state index in [9.17, 15) is 0 Å². The van der Waals surface area contributed by atoms with Crippen LogP contribution in [-0.2, 0) is 16.0 Å². The first-order chi connectivity index (χ1) is 10.8. The van der Waals surface area contributed by atoms with Crippen LogP contribution in [0.15, 0.2) is 11.2 Å². The van der Waals surface area contributed by atoms with Gasteiger partial charge in [-0.25, -0.2) is 9.98 Å². The highest BCUT2D eigenvalue weighted by Gasteiger charge is 2.15. The molecule has 0 aromatic carbocycles. The third-order valence-electron chi connectivity index (χ3n) is 3.24. The number of aryl methyl sites for hydroxylation is 1. The van der Waals surface area contributed by atoms with E-state index in [1.165, 1.54) is 4.88 Å². The first kappa shape index (κ1) is 17.2. The van der Waals surface area contributed by atoms with Gasteiger partial charge in [-0.05, 0) is 26.7 Å². The Morgan fingerprint density at radius 3 is 3.14 bits per heavy atom. The third-order valence-corrected chi connectivity index (χ3v) is 4.14. The van der Waals surface area contributed by atoms with E-state index in [0.29, 0.717) is 6.54 Å². The Hall–Kier alpha value is -1.18. The van der Waals surface area contributed by atoms with Gasteiger partial charge >= 0.3 is 0 Å². The van der Waals surface area contributed by atoms with E-state index in [1.54, 1.807) is 11.3 Å². The van der Waals surface area contributed by atoms with Crippen LogP contribution in [0.5, 0.6) is 0 Å². The fourth-order valence-electron chi connectivity index (χ4n) is 2.14. The minimum absolute atomic E-state index is 0.287. The second kappa shape index (κ2) is 9.76. The molecule has 7 heteroatoms. The summed E-state index contributed by atoms with van der Waals surface area (Å²) in [5.74, 6) is 0.833. The zero-order valence-electron chi connectivity index (χ0n) is 13.4. The van der Waals surface area contributed by atoms with Crippen molar-refractivity contribution >= 4 is 17.3 Å². The van der Waals surface area contributed by atoms with Crippen LogP contribution in [0.2, 0.25) is 0 Å². The van der Waals surface area contributed by atoms with Crippen molar-refractivity contribution in [3.63, 3.8) is 0 Å². The molecular formula is C15H26N4O2S. The summed E-state index contributed by atoms with van der Waals surface area (Å²) >= 11 is 1.69. The Morgan fingerprint density at radius 2 is 2.45 bits per heavy atom. The van der Waals surface area contributed by atoms with Gasteiger partial charge in [0, 0.05) is 37.4 Å². The number of nitrogens with zero attached hydrogens (tertiary/aromatic N) is 2. The fourth-order valence-corrected chi connectivity index (χ4v) is 2.85. The maximum Gasteiger partial charge on any atom is 0.191 e. The predicted octanol–water partition coefficient (Wildman–Crippen LogP) is 1.70. The van der Waals surface area contributed by atoms with Gasteiger partial charge in [0.1, 0.15) is 5.01 Å². The molecule has 2 N–H and O–H groups in total. The lowest BCUT2D eigenvalue weighted by Gasteiger charge is -2.12. The van der Waals surface area contributed by atoms with Crippen molar-refractivity contribution < 1.29 is 9.47 Å². The summed E-state index contributed by atoms with van der Waals surface area (Å²) in [6, 6.07) is 0. The van der Waals surface area contributed by atoms with Crippen LogP contribution in [0.3, 0.4) is 0 Å². The maximum atomic E-state index is 5.74. The molecule has 124 valence electrons. The number of thiazole rings is 1. The average Bonchev–Trinajstić information content (AvgIpc) is 3.16. The highest BCUT2D eigenvalue weighted by Crippen LogP contribution is 2.11. The Kier molecular flexibility index (Phi) is 7.62. The molecule has 0 amide bonds. The van der Waals surface area contributed by atoms with Gasteiger partial charge in [0.15, 0.2) is 5.96 Å². The van der Waals surface area contributed by atoms with E-state index in [4.69, 9.17) is 9.47 Å². The smallest absolute Gasteiger partial charge is 0.191 e. The summed E-state index contributed by atoms with van der Waals surface area (Å²) in [7, 11) is 0.